The number of hydrogen-bond donors (Lipinski definition) is 3. The highest BCUT2D eigenvalue weighted by Crippen LogP contribution is 2.29. The van der Waals surface area contributed by atoms with E-state index < -0.39 is 54.0 Å². The standard InChI is InChI=1S/C36H42N6O9S/c1-23-17-27(39-33(46)26(38-22-43)15-16-52-2)34(47)41(23)29(18-24-9-5-3-6-10-24)28-20-40(36(49)50-21-25-11-7-4-8-12-25)30(19-37-28)35(48)51-42-31(44)13-14-32(42)45/h3-12,20,22-23,26-27,29-30,37H,13-19,21H2,1-2H3,(H,38,43)(H,39,46)/t23?,26-,27-,29-,30-/m0/s1. The Balaban J connectivity index is 1.44. The summed E-state index contributed by atoms with van der Waals surface area (Å²) in [7, 11) is 0. The van der Waals surface area contributed by atoms with Crippen LogP contribution in [0.3, 0.4) is 0 Å². The molecule has 5 rings (SSSR count). The van der Waals surface area contributed by atoms with Crippen molar-refractivity contribution in [3.8, 4) is 0 Å². The topological polar surface area (TPSA) is 184 Å². The molecule has 2 aromatic carbocycles. The Hall–Kier alpha value is -5.38. The molecule has 6 amide bonds. The molecule has 3 aliphatic heterocycles. The first-order chi connectivity index (χ1) is 25.1. The largest absolute Gasteiger partial charge is 0.444 e. The van der Waals surface area contributed by atoms with E-state index in [0.717, 1.165) is 10.5 Å². The summed E-state index contributed by atoms with van der Waals surface area (Å²) < 4.78 is 5.60. The fourth-order valence-corrected chi connectivity index (χ4v) is 6.86. The maximum atomic E-state index is 14.1. The number of carbonyl (C=O) groups excluding carboxylic acids is 7. The first-order valence-corrected chi connectivity index (χ1v) is 18.4. The van der Waals surface area contributed by atoms with Gasteiger partial charge < -0.3 is 30.4 Å². The lowest BCUT2D eigenvalue weighted by Gasteiger charge is -2.39. The number of imide groups is 1. The first-order valence-electron chi connectivity index (χ1n) is 17.0. The third-order valence-electron chi connectivity index (χ3n) is 9.07. The fourth-order valence-electron chi connectivity index (χ4n) is 6.39. The Kier molecular flexibility index (Phi) is 12.9. The van der Waals surface area contributed by atoms with Gasteiger partial charge in [0, 0.05) is 31.6 Å². The Morgan fingerprint density at radius 2 is 1.65 bits per heavy atom. The van der Waals surface area contributed by atoms with Crippen LogP contribution >= 0.6 is 11.8 Å². The van der Waals surface area contributed by atoms with Gasteiger partial charge in [0.2, 0.25) is 18.2 Å². The van der Waals surface area contributed by atoms with Crippen LogP contribution in [0.5, 0.6) is 0 Å². The molecule has 0 spiro atoms. The lowest BCUT2D eigenvalue weighted by Crippen LogP contribution is -2.57. The molecule has 3 N–H and O–H groups in total. The molecule has 15 nitrogen and oxygen atoms in total. The van der Waals surface area contributed by atoms with Gasteiger partial charge in [-0.05, 0) is 49.3 Å². The van der Waals surface area contributed by atoms with Crippen LogP contribution in [-0.4, -0.2) is 106 Å². The quantitative estimate of drug-likeness (QED) is 0.179. The zero-order chi connectivity index (χ0) is 37.2. The van der Waals surface area contributed by atoms with E-state index >= 15 is 0 Å². The molecule has 3 aliphatic rings. The summed E-state index contributed by atoms with van der Waals surface area (Å²) >= 11 is 1.53. The molecule has 276 valence electrons. The third kappa shape index (κ3) is 9.09. The minimum Gasteiger partial charge on any atom is -0.444 e. The lowest BCUT2D eigenvalue weighted by molar-refractivity contribution is -0.200. The number of rotatable bonds is 15. The smallest absolute Gasteiger partial charge is 0.415 e. The number of nitrogens with zero attached hydrogens (tertiary/aromatic N) is 3. The number of hydroxylamine groups is 2. The van der Waals surface area contributed by atoms with Crippen LogP contribution in [0.1, 0.15) is 43.7 Å². The van der Waals surface area contributed by atoms with E-state index in [1.807, 2.05) is 49.6 Å². The molecule has 2 aromatic rings. The summed E-state index contributed by atoms with van der Waals surface area (Å²) in [4.78, 5) is 98.0. The molecule has 2 saturated heterocycles. The van der Waals surface area contributed by atoms with E-state index in [0.29, 0.717) is 41.3 Å². The number of benzene rings is 2. The molecule has 16 heteroatoms. The molecule has 0 aromatic heterocycles. The van der Waals surface area contributed by atoms with Crippen LogP contribution in [0.2, 0.25) is 0 Å². The van der Waals surface area contributed by atoms with Crippen molar-refractivity contribution in [1.29, 1.82) is 0 Å². The number of likely N-dealkylation sites (tertiary alicyclic amines) is 1. The van der Waals surface area contributed by atoms with Crippen molar-refractivity contribution < 1.29 is 43.1 Å². The second-order valence-corrected chi connectivity index (χ2v) is 13.6. The van der Waals surface area contributed by atoms with E-state index in [1.165, 1.54) is 18.0 Å². The maximum absolute atomic E-state index is 14.1. The summed E-state index contributed by atoms with van der Waals surface area (Å²) in [5.41, 5.74) is 1.99. The monoisotopic (exact) mass is 734 g/mol. The third-order valence-corrected chi connectivity index (χ3v) is 9.72. The van der Waals surface area contributed by atoms with E-state index in [9.17, 15) is 33.6 Å². The summed E-state index contributed by atoms with van der Waals surface area (Å²) in [6.45, 7) is 1.55. The highest BCUT2D eigenvalue weighted by Gasteiger charge is 2.46. The Morgan fingerprint density at radius 1 is 1.00 bits per heavy atom. The maximum Gasteiger partial charge on any atom is 0.415 e. The van der Waals surface area contributed by atoms with Gasteiger partial charge in [-0.25, -0.2) is 9.59 Å². The SMILES string of the molecule is CSCC[C@H](NC=O)C(=O)N[C@H]1CC(C)N([C@@H](Cc2ccccc2)C2=CN(C(=O)OCc3ccccc3)[C@H](C(=O)ON3C(=O)CCC3=O)CN2)C1=O. The van der Waals surface area contributed by atoms with Gasteiger partial charge >= 0.3 is 12.1 Å². The van der Waals surface area contributed by atoms with Crippen LogP contribution in [0.4, 0.5) is 4.79 Å². The van der Waals surface area contributed by atoms with Gasteiger partial charge in [-0.3, -0.25) is 28.9 Å². The minimum absolute atomic E-state index is 0.0986. The average Bonchev–Trinajstić information content (AvgIpc) is 3.62. The normalized spacial score (nSPS) is 21.2. The molecule has 0 aliphatic carbocycles. The van der Waals surface area contributed by atoms with Crippen molar-refractivity contribution in [3.05, 3.63) is 83.7 Å². The Labute approximate surface area is 305 Å². The van der Waals surface area contributed by atoms with Gasteiger partial charge in [0.1, 0.15) is 18.7 Å². The van der Waals surface area contributed by atoms with Crippen LogP contribution in [0, 0.1) is 0 Å². The van der Waals surface area contributed by atoms with Gasteiger partial charge in [-0.2, -0.15) is 11.8 Å². The van der Waals surface area contributed by atoms with Gasteiger partial charge in [0.15, 0.2) is 6.04 Å². The van der Waals surface area contributed by atoms with Crippen LogP contribution in [0.15, 0.2) is 72.6 Å². The van der Waals surface area contributed by atoms with Crippen molar-refractivity contribution in [2.24, 2.45) is 0 Å². The van der Waals surface area contributed by atoms with Gasteiger partial charge in [0.25, 0.3) is 11.8 Å². The van der Waals surface area contributed by atoms with Crippen LogP contribution in [-0.2, 0) is 51.4 Å². The van der Waals surface area contributed by atoms with Crippen molar-refractivity contribution >= 4 is 53.9 Å². The van der Waals surface area contributed by atoms with Gasteiger partial charge in [-0.15, -0.1) is 5.06 Å². The molecule has 3 heterocycles. The molecule has 0 saturated carbocycles. The summed E-state index contributed by atoms with van der Waals surface area (Å²) in [5, 5.41) is 8.97. The number of amides is 6. The van der Waals surface area contributed by atoms with E-state index in [-0.39, 0.29) is 44.4 Å². The second-order valence-electron chi connectivity index (χ2n) is 12.6. The van der Waals surface area contributed by atoms with Crippen molar-refractivity contribution in [3.63, 3.8) is 0 Å². The molecule has 2 fully saturated rings. The number of thioether (sulfide) groups is 1. The molecule has 52 heavy (non-hydrogen) atoms. The van der Waals surface area contributed by atoms with Crippen LogP contribution in [0.25, 0.3) is 0 Å². The number of hydrogen-bond acceptors (Lipinski definition) is 11. The molecular weight excluding hydrogens is 692 g/mol. The molecule has 5 atom stereocenters. The van der Waals surface area contributed by atoms with Crippen molar-refractivity contribution in [2.75, 3.05) is 18.6 Å². The van der Waals surface area contributed by atoms with Crippen molar-refractivity contribution in [2.45, 2.75) is 75.8 Å². The number of carbonyl (C=O) groups is 7. The molecule has 0 radical (unpaired) electrons. The summed E-state index contributed by atoms with van der Waals surface area (Å²) in [6.07, 6.45) is 3.63. The lowest BCUT2D eigenvalue weighted by atomic mass is 9.99. The number of nitrogens with one attached hydrogen (secondary N) is 3. The Morgan fingerprint density at radius 3 is 2.29 bits per heavy atom. The van der Waals surface area contributed by atoms with Crippen LogP contribution < -0.4 is 16.0 Å². The minimum atomic E-state index is -1.34. The Bertz CT molecular complexity index is 1660. The average molecular weight is 735 g/mol. The number of ether oxygens (including phenoxy) is 1. The highest BCUT2D eigenvalue weighted by molar-refractivity contribution is 7.98. The first kappa shape index (κ1) is 37.9. The zero-order valence-corrected chi connectivity index (χ0v) is 29.7. The molecular formula is C36H42N6O9S. The fraction of sp³-hybridized carbons (Fsp3) is 0.417. The van der Waals surface area contributed by atoms with E-state index in [1.54, 1.807) is 29.2 Å². The highest BCUT2D eigenvalue weighted by atomic mass is 32.2. The van der Waals surface area contributed by atoms with Crippen molar-refractivity contribution in [1.82, 2.24) is 30.8 Å². The van der Waals surface area contributed by atoms with Gasteiger partial charge in [-0.1, -0.05) is 60.7 Å². The molecule has 0 bridgehead atoms. The summed E-state index contributed by atoms with van der Waals surface area (Å²) in [6, 6.07) is 14.2. The zero-order valence-electron chi connectivity index (χ0n) is 28.9. The second kappa shape index (κ2) is 17.7. The predicted molar refractivity (Wildman–Crippen MR) is 188 cm³/mol. The predicted octanol–water partition coefficient (Wildman–Crippen LogP) is 1.63. The molecule has 1 unspecified atom stereocenters. The van der Waals surface area contributed by atoms with E-state index in [4.69, 9.17) is 9.57 Å². The van der Waals surface area contributed by atoms with E-state index in [2.05, 4.69) is 16.0 Å². The van der Waals surface area contributed by atoms with Gasteiger partial charge in [0.05, 0.1) is 11.7 Å². The summed E-state index contributed by atoms with van der Waals surface area (Å²) in [5.74, 6) is -2.56.